The van der Waals surface area contributed by atoms with Crippen LogP contribution in [-0.2, 0) is 19.4 Å². The molecule has 0 aliphatic carbocycles. The molecule has 2 atom stereocenters. The molecule has 10 heteroatoms. The molecule has 2 heterocycles. The van der Waals surface area contributed by atoms with Gasteiger partial charge in [0.1, 0.15) is 0 Å². The van der Waals surface area contributed by atoms with Crippen molar-refractivity contribution in [3.05, 3.63) is 24.3 Å². The standard InChI is InChI=1S/C18H23N3O5S2/c1-20(2)12-6-8-13(9-7-12)21-14-10-28(25,26)11-15(14)27-18(21)19-16(22)4-3-5-17(23)24/h6-9,14-15H,3-5,10-11H2,1-2H3,(H,23,24)/t14-,15-/m1/s1. The van der Waals surface area contributed by atoms with Gasteiger partial charge in [0.2, 0.25) is 5.91 Å². The zero-order chi connectivity index (χ0) is 20.5. The second kappa shape index (κ2) is 8.12. The highest BCUT2D eigenvalue weighted by Gasteiger charge is 2.49. The highest BCUT2D eigenvalue weighted by molar-refractivity contribution is 8.16. The van der Waals surface area contributed by atoms with E-state index in [1.54, 1.807) is 0 Å². The fraction of sp³-hybridized carbons (Fsp3) is 0.500. The van der Waals surface area contributed by atoms with Gasteiger partial charge in [-0.1, -0.05) is 11.8 Å². The molecule has 0 radical (unpaired) electrons. The van der Waals surface area contributed by atoms with Crippen molar-refractivity contribution in [1.29, 1.82) is 0 Å². The van der Waals surface area contributed by atoms with Crippen LogP contribution >= 0.6 is 11.8 Å². The van der Waals surface area contributed by atoms with E-state index in [4.69, 9.17) is 5.11 Å². The van der Waals surface area contributed by atoms with Crippen LogP contribution in [0, 0.1) is 0 Å². The monoisotopic (exact) mass is 425 g/mol. The Kier molecular flexibility index (Phi) is 5.99. The van der Waals surface area contributed by atoms with Crippen molar-refractivity contribution in [3.63, 3.8) is 0 Å². The molecular formula is C18H23N3O5S2. The van der Waals surface area contributed by atoms with Gasteiger partial charge in [-0.2, -0.15) is 4.99 Å². The van der Waals surface area contributed by atoms with E-state index in [0.717, 1.165) is 11.4 Å². The number of hydrogen-bond donors (Lipinski definition) is 1. The number of benzene rings is 1. The number of sulfone groups is 1. The number of nitrogens with zero attached hydrogens (tertiary/aromatic N) is 3. The molecule has 28 heavy (non-hydrogen) atoms. The number of carboxylic acid groups (broad SMARTS) is 1. The lowest BCUT2D eigenvalue weighted by Gasteiger charge is -2.25. The topological polar surface area (TPSA) is 107 Å². The highest BCUT2D eigenvalue weighted by atomic mass is 32.2. The fourth-order valence-electron chi connectivity index (χ4n) is 3.33. The predicted molar refractivity (Wildman–Crippen MR) is 111 cm³/mol. The maximum Gasteiger partial charge on any atom is 0.303 e. The Morgan fingerprint density at radius 3 is 2.50 bits per heavy atom. The summed E-state index contributed by atoms with van der Waals surface area (Å²) in [6.07, 6.45) is 0.203. The van der Waals surface area contributed by atoms with Crippen molar-refractivity contribution in [1.82, 2.24) is 0 Å². The van der Waals surface area contributed by atoms with Crippen molar-refractivity contribution < 1.29 is 23.1 Å². The summed E-state index contributed by atoms with van der Waals surface area (Å²) in [5.74, 6) is -1.23. The average Bonchev–Trinajstić information content (AvgIpc) is 3.05. The summed E-state index contributed by atoms with van der Waals surface area (Å²) in [5, 5.41) is 9.03. The molecular weight excluding hydrogens is 402 g/mol. The lowest BCUT2D eigenvalue weighted by Crippen LogP contribution is -2.37. The third-order valence-corrected chi connectivity index (χ3v) is 7.92. The lowest BCUT2D eigenvalue weighted by molar-refractivity contribution is -0.137. The minimum atomic E-state index is -3.12. The number of thioether (sulfide) groups is 1. The summed E-state index contributed by atoms with van der Waals surface area (Å²) < 4.78 is 24.2. The molecule has 2 aliphatic heterocycles. The molecule has 0 aromatic heterocycles. The van der Waals surface area contributed by atoms with Gasteiger partial charge in [-0.3, -0.25) is 9.59 Å². The maximum absolute atomic E-state index is 12.2. The number of aliphatic carboxylic acids is 1. The molecule has 0 saturated carbocycles. The third kappa shape index (κ3) is 4.67. The molecule has 0 bridgehead atoms. The summed E-state index contributed by atoms with van der Waals surface area (Å²) in [6, 6.07) is 7.40. The summed E-state index contributed by atoms with van der Waals surface area (Å²) in [5.41, 5.74) is 1.80. The normalized spacial score (nSPS) is 24.4. The molecule has 152 valence electrons. The molecule has 0 spiro atoms. The van der Waals surface area contributed by atoms with Gasteiger partial charge in [0.05, 0.1) is 17.5 Å². The van der Waals surface area contributed by atoms with Crippen molar-refractivity contribution in [2.24, 2.45) is 4.99 Å². The van der Waals surface area contributed by atoms with Crippen LogP contribution in [-0.4, -0.2) is 67.5 Å². The number of anilines is 2. The second-order valence-corrected chi connectivity index (χ2v) is 10.5. The number of aliphatic imine (C=N–C) groups is 1. The highest BCUT2D eigenvalue weighted by Crippen LogP contribution is 2.41. The van der Waals surface area contributed by atoms with E-state index >= 15 is 0 Å². The Morgan fingerprint density at radius 2 is 1.89 bits per heavy atom. The molecule has 0 unspecified atom stereocenters. The number of amides is 1. The van der Waals surface area contributed by atoms with Gasteiger partial charge in [-0.15, -0.1) is 0 Å². The van der Waals surface area contributed by atoms with E-state index in [9.17, 15) is 18.0 Å². The van der Waals surface area contributed by atoms with E-state index in [-0.39, 0.29) is 48.0 Å². The average molecular weight is 426 g/mol. The van der Waals surface area contributed by atoms with Crippen molar-refractivity contribution >= 4 is 50.0 Å². The number of rotatable bonds is 6. The zero-order valence-electron chi connectivity index (χ0n) is 15.7. The molecule has 2 fully saturated rings. The quantitative estimate of drug-likeness (QED) is 0.732. The number of carbonyl (C=O) groups excluding carboxylic acids is 1. The largest absolute Gasteiger partial charge is 0.481 e. The minimum Gasteiger partial charge on any atom is -0.481 e. The van der Waals surface area contributed by atoms with Crippen LogP contribution in [0.3, 0.4) is 0 Å². The van der Waals surface area contributed by atoms with E-state index in [0.29, 0.717) is 5.17 Å². The zero-order valence-corrected chi connectivity index (χ0v) is 17.4. The summed E-state index contributed by atoms with van der Waals surface area (Å²) in [6.45, 7) is 0. The third-order valence-electron chi connectivity index (χ3n) is 4.71. The number of carboxylic acids is 1. The van der Waals surface area contributed by atoms with Crippen LogP contribution in [0.1, 0.15) is 19.3 Å². The molecule has 1 amide bonds. The molecule has 3 rings (SSSR count). The van der Waals surface area contributed by atoms with Crippen LogP contribution in [0.2, 0.25) is 0 Å². The van der Waals surface area contributed by atoms with Gasteiger partial charge in [-0.05, 0) is 30.7 Å². The Morgan fingerprint density at radius 1 is 1.21 bits per heavy atom. The van der Waals surface area contributed by atoms with Crippen molar-refractivity contribution in [2.45, 2.75) is 30.6 Å². The molecule has 1 aromatic carbocycles. The van der Waals surface area contributed by atoms with Gasteiger partial charge in [-0.25, -0.2) is 8.42 Å². The molecule has 2 aliphatic rings. The molecule has 1 N–H and O–H groups in total. The van der Waals surface area contributed by atoms with Crippen LogP contribution < -0.4 is 9.80 Å². The SMILES string of the molecule is CN(C)c1ccc(N2C(=NC(=O)CCCC(=O)O)S[C@@H]3CS(=O)(=O)C[C@H]32)cc1. The van der Waals surface area contributed by atoms with Gasteiger partial charge in [0.15, 0.2) is 15.0 Å². The first kappa shape index (κ1) is 20.7. The smallest absolute Gasteiger partial charge is 0.303 e. The number of amidine groups is 1. The van der Waals surface area contributed by atoms with Crippen molar-refractivity contribution in [3.8, 4) is 0 Å². The first-order valence-electron chi connectivity index (χ1n) is 8.93. The van der Waals surface area contributed by atoms with Crippen LogP contribution in [0.25, 0.3) is 0 Å². The maximum atomic E-state index is 12.2. The fourth-order valence-corrected chi connectivity index (χ4v) is 7.26. The van der Waals surface area contributed by atoms with Gasteiger partial charge in [0, 0.05) is 43.6 Å². The number of fused-ring (bicyclic) bond motifs is 1. The van der Waals surface area contributed by atoms with Crippen LogP contribution in [0.5, 0.6) is 0 Å². The van der Waals surface area contributed by atoms with Gasteiger partial charge < -0.3 is 14.9 Å². The Balaban J connectivity index is 1.85. The Bertz CT molecular complexity index is 896. The lowest BCUT2D eigenvalue weighted by atomic mass is 10.2. The van der Waals surface area contributed by atoms with Crippen LogP contribution in [0.4, 0.5) is 11.4 Å². The second-order valence-electron chi connectivity index (χ2n) is 7.12. The van der Waals surface area contributed by atoms with Gasteiger partial charge >= 0.3 is 5.97 Å². The summed E-state index contributed by atoms with van der Waals surface area (Å²) in [4.78, 5) is 30.8. The molecule has 2 saturated heterocycles. The minimum absolute atomic E-state index is 0.0341. The molecule has 8 nitrogen and oxygen atoms in total. The van der Waals surface area contributed by atoms with E-state index in [2.05, 4.69) is 4.99 Å². The van der Waals surface area contributed by atoms with E-state index < -0.39 is 15.8 Å². The first-order chi connectivity index (χ1) is 13.2. The van der Waals surface area contributed by atoms with Crippen molar-refractivity contribution in [2.75, 3.05) is 35.4 Å². The van der Waals surface area contributed by atoms with Crippen LogP contribution in [0.15, 0.2) is 29.3 Å². The summed E-state index contributed by atoms with van der Waals surface area (Å²) in [7, 11) is 0.747. The first-order valence-corrected chi connectivity index (χ1v) is 11.6. The Hall–Kier alpha value is -2.07. The predicted octanol–water partition coefficient (Wildman–Crippen LogP) is 1.61. The number of carbonyl (C=O) groups is 2. The summed E-state index contributed by atoms with van der Waals surface area (Å²) >= 11 is 1.31. The molecule has 1 aromatic rings. The van der Waals surface area contributed by atoms with Gasteiger partial charge in [0.25, 0.3) is 0 Å². The number of hydrogen-bond acceptors (Lipinski definition) is 6. The van der Waals surface area contributed by atoms with E-state index in [1.165, 1.54) is 11.8 Å². The Labute approximate surface area is 168 Å². The van der Waals surface area contributed by atoms with E-state index in [1.807, 2.05) is 48.2 Å².